The Labute approximate surface area is 166 Å². The second-order valence-electron chi connectivity index (χ2n) is 7.26. The minimum atomic E-state index is -0.736. The van der Waals surface area contributed by atoms with E-state index in [4.69, 9.17) is 14.2 Å². The summed E-state index contributed by atoms with van der Waals surface area (Å²) < 4.78 is 15.4. The van der Waals surface area contributed by atoms with Gasteiger partial charge < -0.3 is 19.5 Å². The Kier molecular flexibility index (Phi) is 6.30. The van der Waals surface area contributed by atoms with Gasteiger partial charge in [-0.15, -0.1) is 0 Å². The molecule has 1 fully saturated rings. The predicted molar refractivity (Wildman–Crippen MR) is 97.6 cm³/mol. The van der Waals surface area contributed by atoms with E-state index in [1.54, 1.807) is 25.1 Å². The minimum absolute atomic E-state index is 0.157. The number of ether oxygens (including phenoxy) is 3. The van der Waals surface area contributed by atoms with Gasteiger partial charge in [0.1, 0.15) is 5.78 Å². The third-order valence-corrected chi connectivity index (χ3v) is 5.22. The smallest absolute Gasteiger partial charge is 0.307 e. The molecule has 3 rings (SSSR count). The van der Waals surface area contributed by atoms with Gasteiger partial charge >= 0.3 is 5.97 Å². The number of benzene rings is 1. The maximum Gasteiger partial charge on any atom is 0.307 e. The molecule has 1 amide bonds. The lowest BCUT2D eigenvalue weighted by molar-refractivity contribution is -0.490. The van der Waals surface area contributed by atoms with Crippen molar-refractivity contribution >= 4 is 17.7 Å². The molecule has 1 saturated carbocycles. The lowest BCUT2D eigenvalue weighted by Gasteiger charge is -2.17. The number of hydrogen-bond donors (Lipinski definition) is 1. The second-order valence-corrected chi connectivity index (χ2v) is 7.26. The number of nitro groups is 1. The van der Waals surface area contributed by atoms with Gasteiger partial charge in [0.15, 0.2) is 18.1 Å². The lowest BCUT2D eigenvalue weighted by Crippen LogP contribution is -2.30. The highest BCUT2D eigenvalue weighted by Gasteiger charge is 2.44. The third-order valence-electron chi connectivity index (χ3n) is 5.22. The summed E-state index contributed by atoms with van der Waals surface area (Å²) in [6.45, 7) is 1.30. The molecule has 0 unspecified atom stereocenters. The number of esters is 1. The number of nitrogens with one attached hydrogen (secondary N) is 1. The maximum absolute atomic E-state index is 12.1. The highest BCUT2D eigenvalue weighted by Crippen LogP contribution is 2.36. The Morgan fingerprint density at radius 3 is 2.83 bits per heavy atom. The summed E-state index contributed by atoms with van der Waals surface area (Å²) in [5.41, 5.74) is 0.794. The molecule has 1 aliphatic heterocycles. The number of fused-ring (bicyclic) bond motifs is 1. The summed E-state index contributed by atoms with van der Waals surface area (Å²) >= 11 is 0. The van der Waals surface area contributed by atoms with Gasteiger partial charge in [0, 0.05) is 29.7 Å². The van der Waals surface area contributed by atoms with E-state index in [9.17, 15) is 24.5 Å². The quantitative estimate of drug-likeness (QED) is 0.385. The molecule has 2 aliphatic rings. The fourth-order valence-corrected chi connectivity index (χ4v) is 3.69. The van der Waals surface area contributed by atoms with Gasteiger partial charge in [0.05, 0.1) is 6.42 Å². The Hall–Kier alpha value is -3.17. The number of Topliss-reactive ketones (excluding diaryl/α,β-unsaturated/α-hetero) is 1. The van der Waals surface area contributed by atoms with Gasteiger partial charge in [-0.1, -0.05) is 13.0 Å². The molecule has 0 aromatic heterocycles. The van der Waals surface area contributed by atoms with Crippen LogP contribution >= 0.6 is 0 Å². The van der Waals surface area contributed by atoms with Crippen LogP contribution in [0, 0.1) is 27.9 Å². The van der Waals surface area contributed by atoms with Crippen molar-refractivity contribution in [3.63, 3.8) is 0 Å². The molecule has 0 bridgehead atoms. The van der Waals surface area contributed by atoms with E-state index in [-0.39, 0.29) is 44.4 Å². The first-order valence-corrected chi connectivity index (χ1v) is 9.29. The molecular weight excluding hydrogens is 384 g/mol. The number of hydrogen-bond acceptors (Lipinski definition) is 8. The first-order chi connectivity index (χ1) is 13.8. The average Bonchev–Trinajstić information content (AvgIpc) is 3.23. The fraction of sp³-hybridized carbons (Fsp3) is 0.526. The van der Waals surface area contributed by atoms with Crippen molar-refractivity contribution in [1.29, 1.82) is 0 Å². The molecule has 10 heteroatoms. The van der Waals surface area contributed by atoms with Crippen LogP contribution in [0.5, 0.6) is 11.5 Å². The topological polar surface area (TPSA) is 134 Å². The fourth-order valence-electron chi connectivity index (χ4n) is 3.69. The molecule has 1 aromatic rings. The summed E-state index contributed by atoms with van der Waals surface area (Å²) in [4.78, 5) is 46.4. The van der Waals surface area contributed by atoms with Crippen molar-refractivity contribution in [2.75, 3.05) is 19.9 Å². The zero-order valence-corrected chi connectivity index (χ0v) is 15.9. The Bertz CT molecular complexity index is 824. The molecule has 3 atom stereocenters. The lowest BCUT2D eigenvalue weighted by atomic mass is 9.88. The molecule has 10 nitrogen and oxygen atoms in total. The number of amides is 1. The molecule has 1 aromatic carbocycles. The minimum Gasteiger partial charge on any atom is -0.456 e. The van der Waals surface area contributed by atoms with E-state index in [1.165, 1.54) is 0 Å². The van der Waals surface area contributed by atoms with E-state index >= 15 is 0 Å². The van der Waals surface area contributed by atoms with Crippen LogP contribution in [0.15, 0.2) is 18.2 Å². The van der Waals surface area contributed by atoms with E-state index in [0.717, 1.165) is 5.56 Å². The monoisotopic (exact) mass is 406 g/mol. The second kappa shape index (κ2) is 8.89. The molecule has 156 valence electrons. The van der Waals surface area contributed by atoms with E-state index in [1.807, 2.05) is 0 Å². The summed E-state index contributed by atoms with van der Waals surface area (Å²) in [5.74, 6) is -1.54. The first-order valence-electron chi connectivity index (χ1n) is 9.29. The van der Waals surface area contributed by atoms with Crippen molar-refractivity contribution in [3.8, 4) is 11.5 Å². The SMILES string of the molecule is C[C@@H]1CC(=O)[C@@H](CC(=O)OCC(=O)NCc2ccc3c(c2)OCO3)[C@@H]1C[N+](=O)[O-]. The molecule has 0 saturated heterocycles. The van der Waals surface area contributed by atoms with Crippen molar-refractivity contribution in [3.05, 3.63) is 33.9 Å². The van der Waals surface area contributed by atoms with Gasteiger partial charge in [-0.2, -0.15) is 0 Å². The van der Waals surface area contributed by atoms with Gasteiger partial charge in [-0.3, -0.25) is 24.5 Å². The van der Waals surface area contributed by atoms with Gasteiger partial charge in [-0.05, 0) is 23.6 Å². The number of carbonyl (C=O) groups is 3. The number of nitrogens with zero attached hydrogens (tertiary/aromatic N) is 1. The number of ketones is 1. The predicted octanol–water partition coefficient (Wildman–Crippen LogP) is 1.08. The molecule has 0 radical (unpaired) electrons. The van der Waals surface area contributed by atoms with Crippen molar-refractivity contribution in [2.45, 2.75) is 26.3 Å². The van der Waals surface area contributed by atoms with Crippen LogP contribution in [-0.4, -0.2) is 42.5 Å². The average molecular weight is 406 g/mol. The van der Waals surface area contributed by atoms with Crippen LogP contribution < -0.4 is 14.8 Å². The summed E-state index contributed by atoms with van der Waals surface area (Å²) in [6.07, 6.45) is -0.0381. The molecular formula is C19H22N2O8. The highest BCUT2D eigenvalue weighted by molar-refractivity contribution is 5.88. The van der Waals surface area contributed by atoms with Crippen LogP contribution in [0.25, 0.3) is 0 Å². The summed E-state index contributed by atoms with van der Waals surface area (Å²) in [6, 6.07) is 5.27. The summed E-state index contributed by atoms with van der Waals surface area (Å²) in [5, 5.41) is 13.4. The molecule has 29 heavy (non-hydrogen) atoms. The van der Waals surface area contributed by atoms with E-state index < -0.39 is 35.2 Å². The van der Waals surface area contributed by atoms with Crippen LogP contribution in [0.3, 0.4) is 0 Å². The van der Waals surface area contributed by atoms with Crippen LogP contribution in [-0.2, 0) is 25.7 Å². The zero-order chi connectivity index (χ0) is 21.0. The zero-order valence-electron chi connectivity index (χ0n) is 15.9. The van der Waals surface area contributed by atoms with Crippen molar-refractivity contribution in [1.82, 2.24) is 5.32 Å². The van der Waals surface area contributed by atoms with Crippen molar-refractivity contribution in [2.24, 2.45) is 17.8 Å². The van der Waals surface area contributed by atoms with Crippen LogP contribution in [0.2, 0.25) is 0 Å². The van der Waals surface area contributed by atoms with Crippen LogP contribution in [0.1, 0.15) is 25.3 Å². The largest absolute Gasteiger partial charge is 0.456 e. The summed E-state index contributed by atoms with van der Waals surface area (Å²) in [7, 11) is 0. The maximum atomic E-state index is 12.1. The molecule has 1 heterocycles. The van der Waals surface area contributed by atoms with E-state index in [2.05, 4.69) is 5.32 Å². The number of rotatable bonds is 8. The standard InChI is InChI=1S/C19H22N2O8/c1-11-4-15(22)13(14(11)8-21(25)26)6-19(24)27-9-18(23)20-7-12-2-3-16-17(5-12)29-10-28-16/h2-3,5,11,13-14H,4,6-10H2,1H3,(H,20,23)/t11-,13+,14-/m1/s1. The van der Waals surface area contributed by atoms with Gasteiger partial charge in [-0.25, -0.2) is 0 Å². The van der Waals surface area contributed by atoms with Gasteiger partial charge in [0.2, 0.25) is 13.3 Å². The molecule has 1 N–H and O–H groups in total. The highest BCUT2D eigenvalue weighted by atomic mass is 16.7. The Morgan fingerprint density at radius 1 is 1.31 bits per heavy atom. The molecule has 1 aliphatic carbocycles. The Balaban J connectivity index is 1.43. The number of carbonyl (C=O) groups excluding carboxylic acids is 3. The van der Waals surface area contributed by atoms with Crippen LogP contribution in [0.4, 0.5) is 0 Å². The third kappa shape index (κ3) is 5.21. The Morgan fingerprint density at radius 2 is 2.07 bits per heavy atom. The molecule has 0 spiro atoms. The normalized spacial score (nSPS) is 22.4. The van der Waals surface area contributed by atoms with Crippen molar-refractivity contribution < 1.29 is 33.5 Å². The van der Waals surface area contributed by atoms with E-state index in [0.29, 0.717) is 11.5 Å². The van der Waals surface area contributed by atoms with Gasteiger partial charge in [0.25, 0.3) is 5.91 Å². The first kappa shape index (κ1) is 20.6.